The van der Waals surface area contributed by atoms with Gasteiger partial charge in [-0.2, -0.15) is 0 Å². The summed E-state index contributed by atoms with van der Waals surface area (Å²) in [6.45, 7) is 0.0624. The molecule has 3 N–H and O–H groups in total. The van der Waals surface area contributed by atoms with Crippen LogP contribution in [0.2, 0.25) is 0 Å². The molecule has 4 aliphatic rings. The molecule has 1 amide bonds. The van der Waals surface area contributed by atoms with E-state index in [1.807, 2.05) is 12.2 Å². The van der Waals surface area contributed by atoms with Gasteiger partial charge in [0.15, 0.2) is 0 Å². The van der Waals surface area contributed by atoms with Crippen molar-refractivity contribution in [1.29, 1.82) is 0 Å². The smallest absolute Gasteiger partial charge is 0.220 e. The van der Waals surface area contributed by atoms with E-state index in [1.165, 1.54) is 18.6 Å². The molecule has 0 aromatic carbocycles. The average Bonchev–Trinajstić information content (AvgIpc) is 3.34. The Balaban J connectivity index is 1.76. The van der Waals surface area contributed by atoms with Crippen molar-refractivity contribution in [2.75, 3.05) is 6.67 Å². The zero-order valence-corrected chi connectivity index (χ0v) is 13.4. The first-order valence-corrected chi connectivity index (χ1v) is 8.37. The van der Waals surface area contributed by atoms with Gasteiger partial charge in [-0.25, -0.2) is 14.4 Å². The van der Waals surface area contributed by atoms with Gasteiger partial charge in [-0.3, -0.25) is 10.1 Å². The lowest BCUT2D eigenvalue weighted by Gasteiger charge is -2.58. The minimum atomic E-state index is -1.07. The molecule has 2 fully saturated rings. The van der Waals surface area contributed by atoms with E-state index in [0.29, 0.717) is 18.4 Å². The Labute approximate surface area is 143 Å². The number of aromatic nitrogens is 2. The molecule has 0 spiro atoms. The molecule has 25 heavy (non-hydrogen) atoms. The molecule has 5 atom stereocenters. The van der Waals surface area contributed by atoms with E-state index in [2.05, 4.69) is 15.3 Å². The third kappa shape index (κ3) is 1.67. The molecule has 1 saturated carbocycles. The largest absolute Gasteiger partial charge is 0.784 e. The van der Waals surface area contributed by atoms with Crippen molar-refractivity contribution in [2.24, 2.45) is 23.5 Å². The molecular weight excluding hydrogens is 325 g/mol. The second-order valence-corrected chi connectivity index (χ2v) is 7.28. The number of primary amides is 1. The third-order valence-electron chi connectivity index (χ3n) is 6.27. The maximum absolute atomic E-state index is 14.8. The number of nitrogens with zero attached hydrogens (tertiary/aromatic N) is 3. The minimum Gasteiger partial charge on any atom is -0.784 e. The van der Waals surface area contributed by atoms with Crippen LogP contribution in [-0.2, 0) is 10.3 Å². The number of carbonyl (C=O) groups excluding carboxylic acids is 1. The van der Waals surface area contributed by atoms with Crippen LogP contribution in [0.15, 0.2) is 30.8 Å². The second-order valence-electron chi connectivity index (χ2n) is 7.28. The van der Waals surface area contributed by atoms with Crippen LogP contribution in [0.4, 0.5) is 4.39 Å². The summed E-state index contributed by atoms with van der Waals surface area (Å²) in [4.78, 5) is 19.8. The number of hydrogen-bond acceptors (Lipinski definition) is 6. The summed E-state index contributed by atoms with van der Waals surface area (Å²) in [5.74, 6) is -1.21. The Kier molecular flexibility index (Phi) is 2.85. The number of halogens is 1. The molecule has 0 radical (unpaired) electrons. The molecular formula is C17H17FN5O2-. The molecule has 3 aliphatic carbocycles. The Morgan fingerprint density at radius 1 is 1.52 bits per heavy atom. The van der Waals surface area contributed by atoms with Crippen molar-refractivity contribution in [2.45, 2.75) is 23.9 Å². The molecule has 3 unspecified atom stereocenters. The average molecular weight is 342 g/mol. The van der Waals surface area contributed by atoms with E-state index < -0.39 is 16.9 Å². The van der Waals surface area contributed by atoms with Crippen molar-refractivity contribution in [1.82, 2.24) is 20.3 Å². The molecule has 2 heterocycles. The van der Waals surface area contributed by atoms with E-state index in [9.17, 15) is 14.4 Å². The van der Waals surface area contributed by atoms with Crippen LogP contribution < -0.4 is 11.1 Å². The maximum atomic E-state index is 14.8. The Morgan fingerprint density at radius 3 is 3.12 bits per heavy atom. The van der Waals surface area contributed by atoms with Crippen molar-refractivity contribution in [3.05, 3.63) is 47.2 Å². The first-order chi connectivity index (χ1) is 12.0. The molecule has 1 saturated heterocycles. The minimum absolute atomic E-state index is 0.000734. The van der Waals surface area contributed by atoms with E-state index >= 15 is 0 Å². The zero-order valence-electron chi connectivity index (χ0n) is 13.4. The number of nitrogens with two attached hydrogens (primary N) is 1. The summed E-state index contributed by atoms with van der Waals surface area (Å²) in [6.07, 6.45) is 9.38. The molecule has 1 aromatic heterocycles. The molecule has 1 aromatic rings. The van der Waals surface area contributed by atoms with E-state index in [4.69, 9.17) is 5.73 Å². The number of hydroxylamine groups is 2. The number of rotatable bonds is 2. The molecule has 0 bridgehead atoms. The maximum Gasteiger partial charge on any atom is 0.220 e. The standard InChI is InChI=1S/C17H17FN5O2/c18-13-5-16-3-1-2-11(9-4-10(9)15(19)24)17(16,23(25)8-22-16)12-6-20-7-21-14(12)13/h1,3,5-7,9-11,22H,2,4,8H2,(H2,19,24)/q-1/t9-,10-,11?,16?,17?/m1/s1. The van der Waals surface area contributed by atoms with Crippen LogP contribution in [0.1, 0.15) is 24.1 Å². The Bertz CT molecular complexity index is 842. The lowest BCUT2D eigenvalue weighted by atomic mass is 9.58. The molecule has 130 valence electrons. The number of fused-ring (bicyclic) bond motifs is 1. The van der Waals surface area contributed by atoms with Crippen LogP contribution >= 0.6 is 0 Å². The highest BCUT2D eigenvalue weighted by Crippen LogP contribution is 2.63. The fourth-order valence-corrected chi connectivity index (χ4v) is 5.22. The van der Waals surface area contributed by atoms with E-state index in [0.717, 1.165) is 5.06 Å². The van der Waals surface area contributed by atoms with Gasteiger partial charge in [-0.05, 0) is 30.8 Å². The van der Waals surface area contributed by atoms with Crippen molar-refractivity contribution in [3.63, 3.8) is 0 Å². The predicted molar refractivity (Wildman–Crippen MR) is 86.8 cm³/mol. The predicted octanol–water partition coefficient (Wildman–Crippen LogP) is 0.793. The normalized spacial score (nSPS) is 41.5. The first kappa shape index (κ1) is 15.1. The summed E-state index contributed by atoms with van der Waals surface area (Å²) in [5.41, 5.74) is 4.10. The van der Waals surface area contributed by atoms with Gasteiger partial charge in [0.25, 0.3) is 0 Å². The van der Waals surface area contributed by atoms with Gasteiger partial charge in [0.05, 0.1) is 11.1 Å². The van der Waals surface area contributed by atoms with Crippen LogP contribution in [0.3, 0.4) is 0 Å². The van der Waals surface area contributed by atoms with Crippen molar-refractivity contribution in [3.8, 4) is 0 Å². The van der Waals surface area contributed by atoms with Crippen molar-refractivity contribution >= 4 is 11.7 Å². The molecule has 8 heteroatoms. The summed E-state index contributed by atoms with van der Waals surface area (Å²) >= 11 is 0. The topological polar surface area (TPSA) is 107 Å². The van der Waals surface area contributed by atoms with Gasteiger partial charge in [0.2, 0.25) is 5.91 Å². The zero-order chi connectivity index (χ0) is 17.4. The summed E-state index contributed by atoms with van der Waals surface area (Å²) in [7, 11) is 0. The second kappa shape index (κ2) is 4.72. The quantitative estimate of drug-likeness (QED) is 0.770. The van der Waals surface area contributed by atoms with Gasteiger partial charge in [0, 0.05) is 24.3 Å². The van der Waals surface area contributed by atoms with Gasteiger partial charge in [-0.15, -0.1) is 0 Å². The van der Waals surface area contributed by atoms with Gasteiger partial charge < -0.3 is 16.0 Å². The highest BCUT2D eigenvalue weighted by molar-refractivity contribution is 5.80. The Hall–Kier alpha value is -2.16. The molecule has 1 aliphatic heterocycles. The van der Waals surface area contributed by atoms with E-state index in [1.54, 1.807) is 0 Å². The fraction of sp³-hybridized carbons (Fsp3) is 0.471. The van der Waals surface area contributed by atoms with Gasteiger partial charge in [0.1, 0.15) is 17.8 Å². The lowest BCUT2D eigenvalue weighted by molar-refractivity contribution is -0.119. The van der Waals surface area contributed by atoms with Crippen LogP contribution in [0.5, 0.6) is 0 Å². The number of nitrogens with one attached hydrogen (secondary N) is 1. The van der Waals surface area contributed by atoms with Gasteiger partial charge in [-0.1, -0.05) is 12.2 Å². The Morgan fingerprint density at radius 2 is 2.36 bits per heavy atom. The first-order valence-electron chi connectivity index (χ1n) is 8.37. The SMILES string of the molecule is NC(=O)[C@@H]1C[C@H]1C1CC=CC23C=C(F)c4ncncc4C12N([O-])CN3. The lowest BCUT2D eigenvalue weighted by Crippen LogP contribution is -2.63. The molecule has 5 rings (SSSR count). The summed E-state index contributed by atoms with van der Waals surface area (Å²) in [6, 6.07) is 0. The number of allylic oxidation sites excluding steroid dienone is 1. The molecule has 7 nitrogen and oxygen atoms in total. The van der Waals surface area contributed by atoms with Crippen molar-refractivity contribution < 1.29 is 9.18 Å². The van der Waals surface area contributed by atoms with Gasteiger partial charge >= 0.3 is 0 Å². The fourth-order valence-electron chi connectivity index (χ4n) is 5.22. The summed E-state index contributed by atoms with van der Waals surface area (Å²) in [5, 5.41) is 17.3. The number of hydrogen-bond donors (Lipinski definition) is 2. The highest BCUT2D eigenvalue weighted by Gasteiger charge is 2.67. The van der Waals surface area contributed by atoms with Crippen LogP contribution in [-0.4, -0.2) is 33.1 Å². The van der Waals surface area contributed by atoms with Crippen LogP contribution in [0, 0.1) is 23.0 Å². The number of carbonyl (C=O) groups is 1. The monoisotopic (exact) mass is 342 g/mol. The number of amides is 1. The third-order valence-corrected chi connectivity index (χ3v) is 6.27. The van der Waals surface area contributed by atoms with E-state index in [-0.39, 0.29) is 36.0 Å². The summed E-state index contributed by atoms with van der Waals surface area (Å²) < 4.78 is 14.8. The van der Waals surface area contributed by atoms with Crippen LogP contribution in [0.25, 0.3) is 5.83 Å². The highest BCUT2D eigenvalue weighted by atomic mass is 19.1.